The van der Waals surface area contributed by atoms with Crippen molar-refractivity contribution in [3.8, 4) is 0 Å². The second-order valence-electron chi connectivity index (χ2n) is 4.85. The molecule has 6 heteroatoms. The van der Waals surface area contributed by atoms with Crippen molar-refractivity contribution in [3.63, 3.8) is 0 Å². The van der Waals surface area contributed by atoms with Crippen LogP contribution in [0.5, 0.6) is 0 Å². The summed E-state index contributed by atoms with van der Waals surface area (Å²) in [5.41, 5.74) is 2.91. The molecule has 0 spiro atoms. The van der Waals surface area contributed by atoms with Gasteiger partial charge in [-0.25, -0.2) is 4.98 Å². The predicted octanol–water partition coefficient (Wildman–Crippen LogP) is 3.22. The Labute approximate surface area is 138 Å². The van der Waals surface area contributed by atoms with Gasteiger partial charge in [-0.1, -0.05) is 19.1 Å². The van der Waals surface area contributed by atoms with E-state index in [2.05, 4.69) is 50.0 Å². The Balaban J connectivity index is 1.94. The number of hydrogen-bond donors (Lipinski definition) is 2. The Morgan fingerprint density at radius 2 is 2.24 bits per heavy atom. The molecule has 0 saturated heterocycles. The van der Waals surface area contributed by atoms with Crippen molar-refractivity contribution in [3.05, 3.63) is 47.0 Å². The van der Waals surface area contributed by atoms with Gasteiger partial charge in [0.05, 0.1) is 0 Å². The number of nitrogens with one attached hydrogen (secondary N) is 1. The van der Waals surface area contributed by atoms with Crippen LogP contribution in [0.2, 0.25) is 0 Å². The van der Waals surface area contributed by atoms with Gasteiger partial charge in [-0.05, 0) is 34.5 Å². The molecular weight excluding hydrogens is 348 g/mol. The van der Waals surface area contributed by atoms with Crippen molar-refractivity contribution < 1.29 is 0 Å². The molecule has 21 heavy (non-hydrogen) atoms. The van der Waals surface area contributed by atoms with E-state index >= 15 is 0 Å². The lowest BCUT2D eigenvalue weighted by Gasteiger charge is -2.16. The van der Waals surface area contributed by atoms with Crippen LogP contribution in [0, 0.1) is 0 Å². The fraction of sp³-hybridized carbons (Fsp3) is 0.400. The van der Waals surface area contributed by atoms with Crippen molar-refractivity contribution in [1.29, 1.82) is 0 Å². The molecule has 114 valence electrons. The van der Waals surface area contributed by atoms with Gasteiger partial charge in [0.25, 0.3) is 0 Å². The molecule has 0 fully saturated rings. The lowest BCUT2D eigenvalue weighted by molar-refractivity contribution is 0.535. The van der Waals surface area contributed by atoms with Crippen molar-refractivity contribution in [2.45, 2.75) is 37.2 Å². The Morgan fingerprint density at radius 3 is 2.95 bits per heavy atom. The summed E-state index contributed by atoms with van der Waals surface area (Å²) in [6.45, 7) is 3.18. The number of halogens is 1. The monoisotopic (exact) mass is 368 g/mol. The molecule has 1 aromatic carbocycles. The van der Waals surface area contributed by atoms with Crippen molar-refractivity contribution in [2.75, 3.05) is 5.75 Å². The second-order valence-corrected chi connectivity index (χ2v) is 6.76. The van der Waals surface area contributed by atoms with E-state index in [0.717, 1.165) is 35.4 Å². The highest BCUT2D eigenvalue weighted by Crippen LogP contribution is 2.27. The van der Waals surface area contributed by atoms with Crippen LogP contribution in [0.25, 0.3) is 0 Å². The average Bonchev–Trinajstić information content (AvgIpc) is 2.92. The number of thioether (sulfide) groups is 1. The molecule has 2 aromatic rings. The van der Waals surface area contributed by atoms with Crippen LogP contribution in [0.3, 0.4) is 0 Å². The normalized spacial score (nSPS) is 12.5. The Morgan fingerprint density at radius 1 is 1.43 bits per heavy atom. The van der Waals surface area contributed by atoms with Crippen LogP contribution in [0.1, 0.15) is 19.2 Å². The molecular formula is C15H21BrN4S. The van der Waals surface area contributed by atoms with Gasteiger partial charge >= 0.3 is 0 Å². The lowest BCUT2D eigenvalue weighted by atomic mass is 10.2. The summed E-state index contributed by atoms with van der Waals surface area (Å²) >= 11 is 5.37. The molecule has 3 N–H and O–H groups in total. The van der Waals surface area contributed by atoms with Gasteiger partial charge < -0.3 is 4.57 Å². The summed E-state index contributed by atoms with van der Waals surface area (Å²) in [6, 6.07) is 8.43. The number of nitrogens with zero attached hydrogens (tertiary/aromatic N) is 2. The molecule has 0 amide bonds. The van der Waals surface area contributed by atoms with E-state index in [-0.39, 0.29) is 6.04 Å². The average molecular weight is 369 g/mol. The first kappa shape index (κ1) is 16.5. The van der Waals surface area contributed by atoms with Crippen LogP contribution in [0.4, 0.5) is 0 Å². The van der Waals surface area contributed by atoms with Crippen molar-refractivity contribution >= 4 is 27.7 Å². The summed E-state index contributed by atoms with van der Waals surface area (Å²) in [6.07, 6.45) is 5.84. The maximum atomic E-state index is 5.70. The van der Waals surface area contributed by atoms with Crippen LogP contribution < -0.4 is 11.3 Å². The van der Waals surface area contributed by atoms with E-state index in [9.17, 15) is 0 Å². The molecule has 0 aliphatic rings. The lowest BCUT2D eigenvalue weighted by Crippen LogP contribution is -2.39. The molecule has 0 bridgehead atoms. The highest BCUT2D eigenvalue weighted by atomic mass is 79.9. The molecule has 4 nitrogen and oxygen atoms in total. The molecule has 0 radical (unpaired) electrons. The summed E-state index contributed by atoms with van der Waals surface area (Å²) in [5.74, 6) is 7.69. The Hall–Kier alpha value is -0.820. The maximum absolute atomic E-state index is 5.70. The van der Waals surface area contributed by atoms with E-state index in [1.807, 2.05) is 24.5 Å². The van der Waals surface area contributed by atoms with Gasteiger partial charge in [0.2, 0.25) is 0 Å². The van der Waals surface area contributed by atoms with E-state index in [1.165, 1.54) is 4.90 Å². The van der Waals surface area contributed by atoms with Gasteiger partial charge in [0.1, 0.15) is 5.82 Å². The molecule has 0 aliphatic carbocycles. The molecule has 1 heterocycles. The fourth-order valence-corrected chi connectivity index (χ4v) is 3.72. The summed E-state index contributed by atoms with van der Waals surface area (Å²) in [4.78, 5) is 5.68. The minimum absolute atomic E-state index is 0.195. The van der Waals surface area contributed by atoms with Gasteiger partial charge in [-0.15, -0.1) is 11.8 Å². The number of imidazole rings is 1. The zero-order chi connectivity index (χ0) is 15.1. The van der Waals surface area contributed by atoms with E-state index < -0.39 is 0 Å². The zero-order valence-electron chi connectivity index (χ0n) is 12.1. The zero-order valence-corrected chi connectivity index (χ0v) is 14.5. The number of nitrogens with two attached hydrogens (primary N) is 1. The van der Waals surface area contributed by atoms with Gasteiger partial charge in [-0.3, -0.25) is 11.3 Å². The third-order valence-electron chi connectivity index (χ3n) is 3.21. The van der Waals surface area contributed by atoms with Crippen LogP contribution >= 0.6 is 27.7 Å². The van der Waals surface area contributed by atoms with E-state index in [0.29, 0.717) is 0 Å². The molecule has 2 rings (SSSR count). The minimum Gasteiger partial charge on any atom is -0.335 e. The third-order valence-corrected chi connectivity index (χ3v) is 5.40. The standard InChI is InChI=1S/C15H21BrN4S/c1-2-8-20-9-7-18-15(20)10-12(19-17)11-21-14-6-4-3-5-13(14)16/h3-7,9,12,19H,2,8,10-11,17H2,1H3. The fourth-order valence-electron chi connectivity index (χ4n) is 2.11. The van der Waals surface area contributed by atoms with Crippen LogP contribution in [-0.2, 0) is 13.0 Å². The highest BCUT2D eigenvalue weighted by Gasteiger charge is 2.13. The minimum atomic E-state index is 0.195. The SMILES string of the molecule is CCCn1ccnc1CC(CSc1ccccc1Br)NN. The highest BCUT2D eigenvalue weighted by molar-refractivity contribution is 9.10. The van der Waals surface area contributed by atoms with E-state index in [1.54, 1.807) is 11.8 Å². The van der Waals surface area contributed by atoms with E-state index in [4.69, 9.17) is 5.84 Å². The van der Waals surface area contributed by atoms with Gasteiger partial charge in [0, 0.05) is 46.5 Å². The number of rotatable bonds is 8. The number of hydrogen-bond acceptors (Lipinski definition) is 4. The number of aryl methyl sites for hydroxylation is 1. The van der Waals surface area contributed by atoms with Crippen LogP contribution in [-0.4, -0.2) is 21.3 Å². The summed E-state index contributed by atoms with van der Waals surface area (Å²) < 4.78 is 3.33. The summed E-state index contributed by atoms with van der Waals surface area (Å²) in [5, 5.41) is 0. The van der Waals surface area contributed by atoms with Crippen LogP contribution in [0.15, 0.2) is 46.0 Å². The number of hydrazine groups is 1. The predicted molar refractivity (Wildman–Crippen MR) is 92.2 cm³/mol. The molecule has 1 aromatic heterocycles. The quantitative estimate of drug-likeness (QED) is 0.426. The van der Waals surface area contributed by atoms with Gasteiger partial charge in [-0.2, -0.15) is 0 Å². The molecule has 0 saturated carbocycles. The molecule has 1 atom stereocenters. The summed E-state index contributed by atoms with van der Waals surface area (Å²) in [7, 11) is 0. The number of benzene rings is 1. The maximum Gasteiger partial charge on any atom is 0.110 e. The van der Waals surface area contributed by atoms with Crippen molar-refractivity contribution in [1.82, 2.24) is 15.0 Å². The molecule has 0 aliphatic heterocycles. The second kappa shape index (κ2) is 8.58. The molecule has 1 unspecified atom stereocenters. The first-order valence-electron chi connectivity index (χ1n) is 7.08. The topological polar surface area (TPSA) is 55.9 Å². The smallest absolute Gasteiger partial charge is 0.110 e. The Bertz CT molecular complexity index is 558. The first-order valence-corrected chi connectivity index (χ1v) is 8.86. The third kappa shape index (κ3) is 4.85. The largest absolute Gasteiger partial charge is 0.335 e. The Kier molecular flexibility index (Phi) is 6.76. The first-order chi connectivity index (χ1) is 10.2. The van der Waals surface area contributed by atoms with Gasteiger partial charge in [0.15, 0.2) is 0 Å². The van der Waals surface area contributed by atoms with Crippen molar-refractivity contribution in [2.24, 2.45) is 5.84 Å². The number of aromatic nitrogens is 2.